The molecule has 7 heteroatoms. The van der Waals surface area contributed by atoms with Crippen molar-refractivity contribution in [3.05, 3.63) is 0 Å². The van der Waals surface area contributed by atoms with Crippen LogP contribution in [0.4, 0.5) is 4.79 Å². The van der Waals surface area contributed by atoms with Gasteiger partial charge in [-0.25, -0.2) is 4.79 Å². The Hall–Kier alpha value is -1.79. The second-order valence-corrected chi connectivity index (χ2v) is 4.87. The Morgan fingerprint density at radius 1 is 1.37 bits per heavy atom. The van der Waals surface area contributed by atoms with E-state index < -0.39 is 11.9 Å². The van der Waals surface area contributed by atoms with Crippen molar-refractivity contribution >= 4 is 17.9 Å². The number of piperidine rings is 1. The van der Waals surface area contributed by atoms with Crippen LogP contribution in [0.3, 0.4) is 0 Å². The summed E-state index contributed by atoms with van der Waals surface area (Å²) in [5.41, 5.74) is 5.28. The predicted octanol–water partition coefficient (Wildman–Crippen LogP) is 0.0987. The molecule has 1 aliphatic heterocycles. The number of carbonyl (C=O) groups is 3. The lowest BCUT2D eigenvalue weighted by Gasteiger charge is -2.39. The summed E-state index contributed by atoms with van der Waals surface area (Å²) in [6, 6.07) is -0.353. The molecular weight excluding hydrogens is 250 g/mol. The monoisotopic (exact) mass is 271 g/mol. The number of primary amides is 1. The molecule has 0 radical (unpaired) electrons. The molecule has 3 N–H and O–H groups in total. The number of carbonyl (C=O) groups excluding carboxylic acids is 2. The quantitative estimate of drug-likeness (QED) is 0.756. The number of carboxylic acid groups (broad SMARTS) is 1. The number of hydrogen-bond acceptors (Lipinski definition) is 3. The van der Waals surface area contributed by atoms with Crippen LogP contribution in [0.25, 0.3) is 0 Å². The van der Waals surface area contributed by atoms with E-state index in [0.29, 0.717) is 19.4 Å². The van der Waals surface area contributed by atoms with E-state index in [2.05, 4.69) is 0 Å². The van der Waals surface area contributed by atoms with Gasteiger partial charge in [0.05, 0.1) is 5.92 Å². The molecule has 0 aromatic carbocycles. The average molecular weight is 271 g/mol. The molecule has 1 rings (SSSR count). The fraction of sp³-hybridized carbons (Fsp3) is 0.750. The van der Waals surface area contributed by atoms with Gasteiger partial charge in [0.1, 0.15) is 6.54 Å². The first-order valence-electron chi connectivity index (χ1n) is 6.43. The van der Waals surface area contributed by atoms with Gasteiger partial charge in [0.15, 0.2) is 0 Å². The lowest BCUT2D eigenvalue weighted by molar-refractivity contribution is -0.138. The van der Waals surface area contributed by atoms with Crippen molar-refractivity contribution in [2.24, 2.45) is 11.7 Å². The lowest BCUT2D eigenvalue weighted by Crippen LogP contribution is -2.54. The highest BCUT2D eigenvalue weighted by atomic mass is 16.4. The van der Waals surface area contributed by atoms with Crippen LogP contribution in [0.15, 0.2) is 0 Å². The van der Waals surface area contributed by atoms with Crippen molar-refractivity contribution in [2.45, 2.75) is 32.7 Å². The van der Waals surface area contributed by atoms with E-state index in [0.717, 1.165) is 0 Å². The number of likely N-dealkylation sites (N-methyl/N-ethyl adjacent to an activating group) is 1. The minimum Gasteiger partial charge on any atom is -0.480 e. The van der Waals surface area contributed by atoms with E-state index >= 15 is 0 Å². The Labute approximate surface area is 112 Å². The van der Waals surface area contributed by atoms with Crippen molar-refractivity contribution in [3.8, 4) is 0 Å². The highest BCUT2D eigenvalue weighted by molar-refractivity contribution is 5.82. The lowest BCUT2D eigenvalue weighted by atomic mass is 9.93. The molecule has 0 saturated carbocycles. The Morgan fingerprint density at radius 2 is 2.00 bits per heavy atom. The van der Waals surface area contributed by atoms with Gasteiger partial charge in [-0.1, -0.05) is 0 Å². The van der Waals surface area contributed by atoms with E-state index in [1.807, 2.05) is 6.92 Å². The predicted molar refractivity (Wildman–Crippen MR) is 68.4 cm³/mol. The van der Waals surface area contributed by atoms with Crippen LogP contribution in [0, 0.1) is 5.92 Å². The number of aliphatic carboxylic acids is 1. The van der Waals surface area contributed by atoms with Gasteiger partial charge in [-0.05, 0) is 26.7 Å². The second kappa shape index (κ2) is 6.40. The van der Waals surface area contributed by atoms with Gasteiger partial charge in [0, 0.05) is 19.1 Å². The molecule has 19 heavy (non-hydrogen) atoms. The number of likely N-dealkylation sites (tertiary alicyclic amines) is 1. The molecule has 0 bridgehead atoms. The summed E-state index contributed by atoms with van der Waals surface area (Å²) < 4.78 is 0. The molecule has 0 aromatic heterocycles. The van der Waals surface area contributed by atoms with Crippen LogP contribution in [-0.2, 0) is 9.59 Å². The molecule has 0 aromatic rings. The minimum absolute atomic E-state index is 0.00838. The van der Waals surface area contributed by atoms with Crippen molar-refractivity contribution in [2.75, 3.05) is 19.6 Å². The van der Waals surface area contributed by atoms with Gasteiger partial charge < -0.3 is 20.6 Å². The maximum atomic E-state index is 12.3. The number of amides is 3. The average Bonchev–Trinajstić information content (AvgIpc) is 2.35. The van der Waals surface area contributed by atoms with Crippen LogP contribution < -0.4 is 5.73 Å². The molecule has 0 aliphatic carbocycles. The van der Waals surface area contributed by atoms with E-state index in [1.165, 1.54) is 4.90 Å². The summed E-state index contributed by atoms with van der Waals surface area (Å²) in [6.07, 6.45) is 1.37. The summed E-state index contributed by atoms with van der Waals surface area (Å²) in [5.74, 6) is -1.80. The highest BCUT2D eigenvalue weighted by Crippen LogP contribution is 2.22. The van der Waals surface area contributed by atoms with Gasteiger partial charge in [-0.3, -0.25) is 9.59 Å². The number of hydrogen-bond donors (Lipinski definition) is 2. The Morgan fingerprint density at radius 3 is 2.47 bits per heavy atom. The standard InChI is InChI=1S/C12H21N3O4/c1-3-14(7-10(16)17)12(19)15-6-9(11(13)18)5-4-8(15)2/h8-9H,3-7H2,1-2H3,(H2,13,18)(H,16,17). The first-order valence-corrected chi connectivity index (χ1v) is 6.43. The fourth-order valence-electron chi connectivity index (χ4n) is 2.27. The summed E-state index contributed by atoms with van der Waals surface area (Å²) in [5, 5.41) is 8.78. The number of nitrogens with two attached hydrogens (primary N) is 1. The van der Waals surface area contributed by atoms with Crippen molar-refractivity contribution in [1.82, 2.24) is 9.80 Å². The van der Waals surface area contributed by atoms with Gasteiger partial charge in [0.2, 0.25) is 5.91 Å². The van der Waals surface area contributed by atoms with Crippen LogP contribution in [0.5, 0.6) is 0 Å². The zero-order valence-electron chi connectivity index (χ0n) is 11.3. The van der Waals surface area contributed by atoms with Gasteiger partial charge in [-0.15, -0.1) is 0 Å². The van der Waals surface area contributed by atoms with Gasteiger partial charge in [0.25, 0.3) is 0 Å². The van der Waals surface area contributed by atoms with E-state index in [-0.39, 0.29) is 31.1 Å². The Balaban J connectivity index is 2.76. The SMILES string of the molecule is CCN(CC(=O)O)C(=O)N1CC(C(N)=O)CCC1C. The fourth-order valence-corrected chi connectivity index (χ4v) is 2.27. The Kier molecular flexibility index (Phi) is 5.14. The van der Waals surface area contributed by atoms with Gasteiger partial charge >= 0.3 is 12.0 Å². The summed E-state index contributed by atoms with van der Waals surface area (Å²) in [4.78, 5) is 37.0. The van der Waals surface area contributed by atoms with Crippen LogP contribution in [0.1, 0.15) is 26.7 Å². The number of nitrogens with zero attached hydrogens (tertiary/aromatic N) is 2. The molecule has 3 amide bonds. The Bertz CT molecular complexity index is 372. The van der Waals surface area contributed by atoms with Crippen molar-refractivity contribution < 1.29 is 19.5 Å². The summed E-state index contributed by atoms with van der Waals surface area (Å²) >= 11 is 0. The minimum atomic E-state index is -1.05. The molecule has 2 unspecified atom stereocenters. The largest absolute Gasteiger partial charge is 0.480 e. The summed E-state index contributed by atoms with van der Waals surface area (Å²) in [7, 11) is 0. The summed E-state index contributed by atoms with van der Waals surface area (Å²) in [6.45, 7) is 3.87. The third-order valence-electron chi connectivity index (χ3n) is 3.51. The van der Waals surface area contributed by atoms with E-state index in [9.17, 15) is 14.4 Å². The van der Waals surface area contributed by atoms with Crippen LogP contribution in [0.2, 0.25) is 0 Å². The molecule has 1 saturated heterocycles. The topological polar surface area (TPSA) is 104 Å². The van der Waals surface area contributed by atoms with Crippen LogP contribution in [-0.4, -0.2) is 58.5 Å². The zero-order valence-corrected chi connectivity index (χ0v) is 11.3. The van der Waals surface area contributed by atoms with E-state index in [4.69, 9.17) is 10.8 Å². The number of urea groups is 1. The molecular formula is C12H21N3O4. The van der Waals surface area contributed by atoms with Crippen LogP contribution >= 0.6 is 0 Å². The third-order valence-corrected chi connectivity index (χ3v) is 3.51. The molecule has 108 valence electrons. The normalized spacial score (nSPS) is 22.9. The number of carboxylic acids is 1. The van der Waals surface area contributed by atoms with Gasteiger partial charge in [-0.2, -0.15) is 0 Å². The maximum Gasteiger partial charge on any atom is 0.323 e. The molecule has 1 heterocycles. The first-order chi connectivity index (χ1) is 8.86. The number of rotatable bonds is 4. The molecule has 1 aliphatic rings. The van der Waals surface area contributed by atoms with Crippen molar-refractivity contribution in [3.63, 3.8) is 0 Å². The maximum absolute atomic E-state index is 12.3. The smallest absolute Gasteiger partial charge is 0.323 e. The molecule has 2 atom stereocenters. The third kappa shape index (κ3) is 3.84. The van der Waals surface area contributed by atoms with E-state index in [1.54, 1.807) is 11.8 Å². The molecule has 7 nitrogen and oxygen atoms in total. The zero-order chi connectivity index (χ0) is 14.6. The highest BCUT2D eigenvalue weighted by Gasteiger charge is 2.33. The molecule has 1 fully saturated rings. The van der Waals surface area contributed by atoms with Crippen molar-refractivity contribution in [1.29, 1.82) is 0 Å². The first kappa shape index (κ1) is 15.3. The molecule has 0 spiro atoms. The second-order valence-electron chi connectivity index (χ2n) is 4.87.